The van der Waals surface area contributed by atoms with Gasteiger partial charge in [0, 0.05) is 12.0 Å². The molecule has 2 aliphatic heterocycles. The number of ether oxygens (including phenoxy) is 1. The van der Waals surface area contributed by atoms with Crippen LogP contribution in [-0.4, -0.2) is 23.9 Å². The van der Waals surface area contributed by atoms with Crippen LogP contribution in [0.5, 0.6) is 0 Å². The van der Waals surface area contributed by atoms with E-state index in [9.17, 15) is 4.79 Å². The summed E-state index contributed by atoms with van der Waals surface area (Å²) in [6, 6.07) is 0. The van der Waals surface area contributed by atoms with Gasteiger partial charge < -0.3 is 4.74 Å². The highest BCUT2D eigenvalue weighted by Gasteiger charge is 2.20. The van der Waals surface area contributed by atoms with Crippen molar-refractivity contribution in [1.29, 1.82) is 0 Å². The molecular formula is C12H18O2S. The first-order valence-corrected chi connectivity index (χ1v) is 6.93. The van der Waals surface area contributed by atoms with Gasteiger partial charge in [0.15, 0.2) is 5.78 Å². The molecule has 0 atom stereocenters. The minimum absolute atomic E-state index is 0.326. The molecule has 0 radical (unpaired) electrons. The topological polar surface area (TPSA) is 26.3 Å². The zero-order valence-corrected chi connectivity index (χ0v) is 9.85. The smallest absolute Gasteiger partial charge is 0.162 e. The lowest BCUT2D eigenvalue weighted by Crippen LogP contribution is -2.17. The summed E-state index contributed by atoms with van der Waals surface area (Å²) in [7, 11) is 0. The summed E-state index contributed by atoms with van der Waals surface area (Å²) in [5.41, 5.74) is 0.916. The minimum Gasteiger partial charge on any atom is -0.501 e. The number of carbonyl (C=O) groups is 1. The average Bonchev–Trinajstić information content (AvgIpc) is 2.31. The van der Waals surface area contributed by atoms with Crippen molar-refractivity contribution in [3.8, 4) is 0 Å². The van der Waals surface area contributed by atoms with Gasteiger partial charge >= 0.3 is 0 Å². The van der Waals surface area contributed by atoms with Crippen LogP contribution >= 0.6 is 11.8 Å². The van der Waals surface area contributed by atoms with Crippen molar-refractivity contribution in [3.05, 3.63) is 11.8 Å². The second-order valence-corrected chi connectivity index (χ2v) is 5.53. The van der Waals surface area contributed by atoms with Gasteiger partial charge in [-0.05, 0) is 43.1 Å². The lowest BCUT2D eigenvalue weighted by Gasteiger charge is -2.21. The van der Waals surface area contributed by atoms with Crippen molar-refractivity contribution in [2.75, 3.05) is 18.1 Å². The molecule has 3 heteroatoms. The van der Waals surface area contributed by atoms with Crippen LogP contribution in [0.4, 0.5) is 0 Å². The largest absolute Gasteiger partial charge is 0.501 e. The molecule has 2 aliphatic rings. The molecule has 84 valence electrons. The molecule has 1 fully saturated rings. The van der Waals surface area contributed by atoms with Crippen molar-refractivity contribution < 1.29 is 9.53 Å². The molecular weight excluding hydrogens is 208 g/mol. The number of hydrogen-bond donors (Lipinski definition) is 0. The van der Waals surface area contributed by atoms with Crippen LogP contribution in [0.3, 0.4) is 0 Å². The van der Waals surface area contributed by atoms with E-state index in [1.54, 1.807) is 6.26 Å². The monoisotopic (exact) mass is 226 g/mol. The summed E-state index contributed by atoms with van der Waals surface area (Å²) >= 11 is 2.01. The summed E-state index contributed by atoms with van der Waals surface area (Å²) in [5.74, 6) is 3.41. The lowest BCUT2D eigenvalue weighted by atomic mass is 9.92. The van der Waals surface area contributed by atoms with Crippen LogP contribution in [0.2, 0.25) is 0 Å². The van der Waals surface area contributed by atoms with Crippen molar-refractivity contribution in [3.63, 3.8) is 0 Å². The van der Waals surface area contributed by atoms with E-state index in [0.29, 0.717) is 11.7 Å². The van der Waals surface area contributed by atoms with E-state index in [4.69, 9.17) is 4.74 Å². The summed E-state index contributed by atoms with van der Waals surface area (Å²) in [6.45, 7) is 0.775. The van der Waals surface area contributed by atoms with Gasteiger partial charge in [0.25, 0.3) is 0 Å². The van der Waals surface area contributed by atoms with Gasteiger partial charge in [0.1, 0.15) is 0 Å². The Morgan fingerprint density at radius 3 is 2.93 bits per heavy atom. The average molecular weight is 226 g/mol. The van der Waals surface area contributed by atoms with E-state index in [0.717, 1.165) is 31.4 Å². The Morgan fingerprint density at radius 1 is 1.47 bits per heavy atom. The molecule has 0 bridgehead atoms. The molecule has 0 aromatic heterocycles. The molecule has 0 aliphatic carbocycles. The van der Waals surface area contributed by atoms with Gasteiger partial charge in [-0.15, -0.1) is 0 Å². The summed E-state index contributed by atoms with van der Waals surface area (Å²) < 4.78 is 5.21. The summed E-state index contributed by atoms with van der Waals surface area (Å²) in [4.78, 5) is 11.9. The van der Waals surface area contributed by atoms with Crippen LogP contribution in [0.1, 0.15) is 32.1 Å². The quantitative estimate of drug-likeness (QED) is 0.740. The van der Waals surface area contributed by atoms with Gasteiger partial charge in [-0.3, -0.25) is 4.79 Å². The van der Waals surface area contributed by atoms with E-state index >= 15 is 0 Å². The summed E-state index contributed by atoms with van der Waals surface area (Å²) in [6.07, 6.45) is 6.77. The highest BCUT2D eigenvalue weighted by atomic mass is 32.2. The van der Waals surface area contributed by atoms with E-state index < -0.39 is 0 Å². The molecule has 0 saturated carbocycles. The van der Waals surface area contributed by atoms with Crippen LogP contribution in [-0.2, 0) is 9.53 Å². The Hall–Kier alpha value is -0.440. The Balaban J connectivity index is 1.82. The maximum atomic E-state index is 11.9. The molecule has 2 heterocycles. The third-order valence-electron chi connectivity index (χ3n) is 3.11. The Morgan fingerprint density at radius 2 is 2.27 bits per heavy atom. The highest BCUT2D eigenvalue weighted by Crippen LogP contribution is 2.27. The zero-order chi connectivity index (χ0) is 10.5. The number of Topliss-reactive ketones (excluding diaryl/α,β-unsaturated/α-hetero) is 1. The second-order valence-electron chi connectivity index (χ2n) is 4.30. The van der Waals surface area contributed by atoms with E-state index in [2.05, 4.69) is 0 Å². The zero-order valence-electron chi connectivity index (χ0n) is 9.04. The Bertz CT molecular complexity index is 254. The van der Waals surface area contributed by atoms with E-state index in [1.807, 2.05) is 11.8 Å². The predicted molar refractivity (Wildman–Crippen MR) is 62.9 cm³/mol. The molecule has 2 rings (SSSR count). The fourth-order valence-corrected chi connectivity index (χ4v) is 3.32. The predicted octanol–water partition coefficient (Wildman–Crippen LogP) is 2.78. The number of hydrogen-bond acceptors (Lipinski definition) is 3. The molecule has 15 heavy (non-hydrogen) atoms. The molecule has 2 nitrogen and oxygen atoms in total. The third kappa shape index (κ3) is 3.26. The standard InChI is InChI=1S/C12H18O2S/c13-12(11-2-1-5-14-9-11)8-10-3-6-15-7-4-10/h9-10H,1-8H2. The fraction of sp³-hybridized carbons (Fsp3) is 0.750. The summed E-state index contributed by atoms with van der Waals surface area (Å²) in [5, 5.41) is 0. The van der Waals surface area contributed by atoms with Crippen LogP contribution in [0.25, 0.3) is 0 Å². The van der Waals surface area contributed by atoms with Crippen molar-refractivity contribution in [1.82, 2.24) is 0 Å². The number of carbonyl (C=O) groups excluding carboxylic acids is 1. The molecule has 0 unspecified atom stereocenters. The van der Waals surface area contributed by atoms with E-state index in [-0.39, 0.29) is 0 Å². The molecule has 0 spiro atoms. The van der Waals surface area contributed by atoms with Gasteiger partial charge in [-0.1, -0.05) is 0 Å². The van der Waals surface area contributed by atoms with Gasteiger partial charge in [0.2, 0.25) is 0 Å². The number of rotatable bonds is 3. The number of allylic oxidation sites excluding steroid dienone is 1. The third-order valence-corrected chi connectivity index (χ3v) is 4.16. The van der Waals surface area contributed by atoms with Crippen LogP contribution in [0.15, 0.2) is 11.8 Å². The maximum Gasteiger partial charge on any atom is 0.162 e. The fourth-order valence-electron chi connectivity index (χ4n) is 2.11. The van der Waals surface area contributed by atoms with Crippen molar-refractivity contribution >= 4 is 17.5 Å². The Labute approximate surface area is 95.5 Å². The maximum absolute atomic E-state index is 11.9. The molecule has 1 saturated heterocycles. The number of thioether (sulfide) groups is 1. The first-order valence-electron chi connectivity index (χ1n) is 5.78. The second kappa shape index (κ2) is 5.59. The molecule has 0 aromatic rings. The van der Waals surface area contributed by atoms with Crippen molar-refractivity contribution in [2.24, 2.45) is 5.92 Å². The first-order chi connectivity index (χ1) is 7.36. The SMILES string of the molecule is O=C(CC1CCSCC1)C1=COCCC1. The lowest BCUT2D eigenvalue weighted by molar-refractivity contribution is -0.117. The normalized spacial score (nSPS) is 23.1. The minimum atomic E-state index is 0.326. The highest BCUT2D eigenvalue weighted by molar-refractivity contribution is 7.99. The van der Waals surface area contributed by atoms with Crippen molar-refractivity contribution in [2.45, 2.75) is 32.1 Å². The number of ketones is 1. The molecule has 0 aromatic carbocycles. The van der Waals surface area contributed by atoms with Crippen LogP contribution in [0, 0.1) is 5.92 Å². The molecule has 0 N–H and O–H groups in total. The van der Waals surface area contributed by atoms with Gasteiger partial charge in [0.05, 0.1) is 12.9 Å². The Kier molecular flexibility index (Phi) is 4.12. The van der Waals surface area contributed by atoms with Crippen LogP contribution < -0.4 is 0 Å². The van der Waals surface area contributed by atoms with Gasteiger partial charge in [-0.2, -0.15) is 11.8 Å². The van der Waals surface area contributed by atoms with Gasteiger partial charge in [-0.25, -0.2) is 0 Å². The first kappa shape index (κ1) is 11.1. The van der Waals surface area contributed by atoms with E-state index in [1.165, 1.54) is 24.3 Å². The molecule has 0 amide bonds.